The zero-order chi connectivity index (χ0) is 15.1. The molecule has 6 nitrogen and oxygen atoms in total. The van der Waals surface area contributed by atoms with Gasteiger partial charge in [-0.05, 0) is 36.8 Å². The number of rotatable bonds is 7. The van der Waals surface area contributed by atoms with E-state index in [1.54, 1.807) is 30.3 Å². The Morgan fingerprint density at radius 2 is 2.14 bits per heavy atom. The fraction of sp³-hybridized carbons (Fsp3) is 0.333. The van der Waals surface area contributed by atoms with Crippen molar-refractivity contribution < 1.29 is 14.6 Å². The molecule has 0 bridgehead atoms. The topological polar surface area (TPSA) is 87.2 Å². The number of carbonyl (C=O) groups excluding carboxylic acids is 1. The van der Waals surface area contributed by atoms with Gasteiger partial charge in [-0.3, -0.25) is 9.89 Å². The number of benzene rings is 1. The first-order valence-corrected chi connectivity index (χ1v) is 6.92. The van der Waals surface area contributed by atoms with E-state index in [-0.39, 0.29) is 19.1 Å². The summed E-state index contributed by atoms with van der Waals surface area (Å²) in [6, 6.07) is 8.71. The number of ether oxygens (including phenoxy) is 1. The largest absolute Gasteiger partial charge is 0.491 e. The van der Waals surface area contributed by atoms with E-state index in [0.717, 1.165) is 18.5 Å². The molecule has 1 aromatic carbocycles. The number of amides is 1. The number of aliphatic hydroxyl groups is 1. The highest BCUT2D eigenvalue weighted by Crippen LogP contribution is 2.16. The number of aromatic amines is 1. The summed E-state index contributed by atoms with van der Waals surface area (Å²) >= 11 is 0. The van der Waals surface area contributed by atoms with Gasteiger partial charge in [0.2, 0.25) is 0 Å². The fourth-order valence-corrected chi connectivity index (χ4v) is 1.87. The number of carbonyl (C=O) groups is 1. The first-order chi connectivity index (χ1) is 10.2. The van der Waals surface area contributed by atoms with Gasteiger partial charge in [-0.15, -0.1) is 0 Å². The standard InChI is InChI=1S/C15H19N3O3/c1-2-3-12-10-14(18-17-12)15(20)16-11-4-6-13(7-5-11)21-9-8-19/h4-7,10,19H,2-3,8-9H2,1H3,(H,16,20)(H,17,18). The summed E-state index contributed by atoms with van der Waals surface area (Å²) in [7, 11) is 0. The maximum atomic E-state index is 12.0. The molecule has 0 unspecified atom stereocenters. The van der Waals surface area contributed by atoms with Crippen LogP contribution in [0.1, 0.15) is 29.5 Å². The second-order valence-electron chi connectivity index (χ2n) is 4.58. The molecule has 1 heterocycles. The van der Waals surface area contributed by atoms with Crippen LogP contribution < -0.4 is 10.1 Å². The summed E-state index contributed by atoms with van der Waals surface area (Å²) in [6.07, 6.45) is 1.87. The third-order valence-corrected chi connectivity index (χ3v) is 2.86. The molecule has 0 atom stereocenters. The maximum absolute atomic E-state index is 12.0. The molecule has 2 rings (SSSR count). The number of aryl methyl sites for hydroxylation is 1. The van der Waals surface area contributed by atoms with Crippen molar-refractivity contribution in [2.75, 3.05) is 18.5 Å². The van der Waals surface area contributed by atoms with Crippen molar-refractivity contribution in [1.82, 2.24) is 10.2 Å². The number of nitrogens with zero attached hydrogens (tertiary/aromatic N) is 1. The molecule has 0 aliphatic carbocycles. The molecule has 0 saturated heterocycles. The monoisotopic (exact) mass is 289 g/mol. The highest BCUT2D eigenvalue weighted by atomic mass is 16.5. The lowest BCUT2D eigenvalue weighted by Gasteiger charge is -2.06. The molecular weight excluding hydrogens is 270 g/mol. The average Bonchev–Trinajstić information content (AvgIpc) is 2.96. The van der Waals surface area contributed by atoms with E-state index < -0.39 is 0 Å². The Bertz CT molecular complexity index is 578. The molecule has 21 heavy (non-hydrogen) atoms. The average molecular weight is 289 g/mol. The van der Waals surface area contributed by atoms with E-state index in [4.69, 9.17) is 9.84 Å². The minimum absolute atomic E-state index is 0.0300. The zero-order valence-corrected chi connectivity index (χ0v) is 11.9. The lowest BCUT2D eigenvalue weighted by atomic mass is 10.2. The summed E-state index contributed by atoms with van der Waals surface area (Å²) in [5, 5.41) is 18.3. The van der Waals surface area contributed by atoms with Gasteiger partial charge in [0.25, 0.3) is 5.91 Å². The first kappa shape index (κ1) is 15.1. The highest BCUT2D eigenvalue weighted by Gasteiger charge is 2.10. The second kappa shape index (κ2) is 7.44. The Hall–Kier alpha value is -2.34. The third-order valence-electron chi connectivity index (χ3n) is 2.86. The Morgan fingerprint density at radius 3 is 2.81 bits per heavy atom. The number of aliphatic hydroxyl groups excluding tert-OH is 1. The molecule has 3 N–H and O–H groups in total. The van der Waals surface area contributed by atoms with Gasteiger partial charge in [0.05, 0.1) is 6.61 Å². The summed E-state index contributed by atoms with van der Waals surface area (Å²) in [5.41, 5.74) is 1.99. The first-order valence-electron chi connectivity index (χ1n) is 6.92. The van der Waals surface area contributed by atoms with Gasteiger partial charge in [-0.2, -0.15) is 5.10 Å². The lowest BCUT2D eigenvalue weighted by Crippen LogP contribution is -2.12. The molecule has 1 aromatic heterocycles. The molecule has 1 amide bonds. The van der Waals surface area contributed by atoms with Crippen LogP contribution in [0.15, 0.2) is 30.3 Å². The van der Waals surface area contributed by atoms with Crippen LogP contribution in [0.2, 0.25) is 0 Å². The number of H-pyrrole nitrogens is 1. The van der Waals surface area contributed by atoms with Gasteiger partial charge in [0, 0.05) is 11.4 Å². The van der Waals surface area contributed by atoms with E-state index in [1.165, 1.54) is 0 Å². The number of aromatic nitrogens is 2. The van der Waals surface area contributed by atoms with Crippen LogP contribution in [0.4, 0.5) is 5.69 Å². The summed E-state index contributed by atoms with van der Waals surface area (Å²) in [5.74, 6) is 0.393. The number of nitrogens with one attached hydrogen (secondary N) is 2. The van der Waals surface area contributed by atoms with Crippen molar-refractivity contribution in [3.8, 4) is 5.75 Å². The van der Waals surface area contributed by atoms with Crippen molar-refractivity contribution in [2.24, 2.45) is 0 Å². The minimum Gasteiger partial charge on any atom is -0.491 e. The summed E-state index contributed by atoms with van der Waals surface area (Å²) < 4.78 is 5.25. The van der Waals surface area contributed by atoms with Crippen LogP contribution in [-0.2, 0) is 6.42 Å². The van der Waals surface area contributed by atoms with E-state index >= 15 is 0 Å². The second-order valence-corrected chi connectivity index (χ2v) is 4.58. The van der Waals surface area contributed by atoms with Crippen molar-refractivity contribution in [3.05, 3.63) is 41.7 Å². The molecule has 0 radical (unpaired) electrons. The molecule has 6 heteroatoms. The van der Waals surface area contributed by atoms with Crippen LogP contribution in [0, 0.1) is 0 Å². The van der Waals surface area contributed by atoms with E-state index in [1.807, 2.05) is 0 Å². The molecule has 2 aromatic rings. The van der Waals surface area contributed by atoms with Crippen LogP contribution in [0.3, 0.4) is 0 Å². The molecule has 112 valence electrons. The normalized spacial score (nSPS) is 10.4. The number of hydrogen-bond acceptors (Lipinski definition) is 4. The fourth-order valence-electron chi connectivity index (χ4n) is 1.87. The molecular formula is C15H19N3O3. The maximum Gasteiger partial charge on any atom is 0.276 e. The number of anilines is 1. The lowest BCUT2D eigenvalue weighted by molar-refractivity contribution is 0.102. The van der Waals surface area contributed by atoms with Gasteiger partial charge >= 0.3 is 0 Å². The predicted molar refractivity (Wildman–Crippen MR) is 79.6 cm³/mol. The Labute approximate surface area is 123 Å². The molecule has 0 aliphatic heterocycles. The van der Waals surface area contributed by atoms with Gasteiger partial charge < -0.3 is 15.2 Å². The van der Waals surface area contributed by atoms with Crippen molar-refractivity contribution >= 4 is 11.6 Å². The predicted octanol–water partition coefficient (Wildman–Crippen LogP) is 1.99. The smallest absolute Gasteiger partial charge is 0.276 e. The molecule has 0 saturated carbocycles. The summed E-state index contributed by atoms with van der Waals surface area (Å²) in [6.45, 7) is 2.29. The van der Waals surface area contributed by atoms with Crippen molar-refractivity contribution in [1.29, 1.82) is 0 Å². The van der Waals surface area contributed by atoms with Crippen molar-refractivity contribution in [3.63, 3.8) is 0 Å². The van der Waals surface area contributed by atoms with Crippen LogP contribution in [0.25, 0.3) is 0 Å². The van der Waals surface area contributed by atoms with E-state index in [2.05, 4.69) is 22.4 Å². The highest BCUT2D eigenvalue weighted by molar-refractivity contribution is 6.02. The molecule has 0 spiro atoms. The van der Waals surface area contributed by atoms with E-state index in [9.17, 15) is 4.79 Å². The van der Waals surface area contributed by atoms with Crippen LogP contribution in [0.5, 0.6) is 5.75 Å². The molecule has 0 fully saturated rings. The van der Waals surface area contributed by atoms with Crippen LogP contribution >= 0.6 is 0 Å². The quantitative estimate of drug-likeness (QED) is 0.727. The minimum atomic E-state index is -0.252. The van der Waals surface area contributed by atoms with Gasteiger partial charge in [-0.25, -0.2) is 0 Å². The molecule has 0 aliphatic rings. The summed E-state index contributed by atoms with van der Waals surface area (Å²) in [4.78, 5) is 12.0. The third kappa shape index (κ3) is 4.32. The Balaban J connectivity index is 1.95. The van der Waals surface area contributed by atoms with Gasteiger partial charge in [0.15, 0.2) is 5.69 Å². The Kier molecular flexibility index (Phi) is 5.34. The van der Waals surface area contributed by atoms with Gasteiger partial charge in [-0.1, -0.05) is 13.3 Å². The Morgan fingerprint density at radius 1 is 1.38 bits per heavy atom. The van der Waals surface area contributed by atoms with Crippen LogP contribution in [-0.4, -0.2) is 34.4 Å². The zero-order valence-electron chi connectivity index (χ0n) is 11.9. The number of hydrogen-bond donors (Lipinski definition) is 3. The van der Waals surface area contributed by atoms with Gasteiger partial charge in [0.1, 0.15) is 12.4 Å². The SMILES string of the molecule is CCCc1cc(C(=O)Nc2ccc(OCCO)cc2)n[nH]1. The van der Waals surface area contributed by atoms with Crippen molar-refractivity contribution in [2.45, 2.75) is 19.8 Å². The van der Waals surface area contributed by atoms with E-state index in [0.29, 0.717) is 17.1 Å².